The molecule has 2 aliphatic rings. The van der Waals surface area contributed by atoms with Crippen molar-refractivity contribution in [3.63, 3.8) is 0 Å². The number of Topliss-reactive ketones (excluding diaryl/α,β-unsaturated/α-hetero) is 1. The van der Waals surface area contributed by atoms with Gasteiger partial charge in [-0.3, -0.25) is 4.79 Å². The number of carbonyl (C=O) groups excluding carboxylic acids is 2. The van der Waals surface area contributed by atoms with Gasteiger partial charge in [0.05, 0.1) is 19.3 Å². The zero-order valence-electron chi connectivity index (χ0n) is 10.6. The Morgan fingerprint density at radius 1 is 1.44 bits per heavy atom. The third-order valence-electron chi connectivity index (χ3n) is 3.31. The lowest BCUT2D eigenvalue weighted by atomic mass is 9.87. The van der Waals surface area contributed by atoms with Crippen LogP contribution in [0.2, 0.25) is 0 Å². The van der Waals surface area contributed by atoms with Gasteiger partial charge in [0.15, 0.2) is 11.9 Å². The fraction of sp³-hybridized carbons (Fsp3) is 0.692. The number of allylic oxidation sites excluding steroid dienone is 1. The fourth-order valence-corrected chi connectivity index (χ4v) is 2.22. The molecule has 1 amide bonds. The Balaban J connectivity index is 1.88. The van der Waals surface area contributed by atoms with Gasteiger partial charge < -0.3 is 14.8 Å². The number of rotatable bonds is 4. The van der Waals surface area contributed by atoms with E-state index in [4.69, 9.17) is 9.47 Å². The van der Waals surface area contributed by atoms with Crippen LogP contribution in [0.25, 0.3) is 0 Å². The zero-order valence-corrected chi connectivity index (χ0v) is 10.6. The van der Waals surface area contributed by atoms with Crippen molar-refractivity contribution < 1.29 is 19.1 Å². The molecule has 1 saturated heterocycles. The van der Waals surface area contributed by atoms with Gasteiger partial charge in [0.2, 0.25) is 0 Å². The second kappa shape index (κ2) is 6.00. The molecule has 0 aromatic rings. The first-order chi connectivity index (χ1) is 8.66. The lowest BCUT2D eigenvalue weighted by molar-refractivity contribution is -0.120. The number of ketones is 1. The van der Waals surface area contributed by atoms with Gasteiger partial charge in [-0.25, -0.2) is 4.79 Å². The summed E-state index contributed by atoms with van der Waals surface area (Å²) in [5.41, 5.74) is 0. The van der Waals surface area contributed by atoms with Gasteiger partial charge in [-0.05, 0) is 26.2 Å². The quantitative estimate of drug-likeness (QED) is 0.770. The Labute approximate surface area is 107 Å². The molecule has 0 spiro atoms. The molecule has 1 aliphatic heterocycles. The summed E-state index contributed by atoms with van der Waals surface area (Å²) in [6, 6.07) is -0.477. The summed E-state index contributed by atoms with van der Waals surface area (Å²) in [5, 5.41) is 2.67. The van der Waals surface area contributed by atoms with Crippen molar-refractivity contribution in [1.29, 1.82) is 0 Å². The molecule has 100 valence electrons. The molecule has 18 heavy (non-hydrogen) atoms. The molecular formula is C13H19NO4. The van der Waals surface area contributed by atoms with Crippen molar-refractivity contribution in [3.8, 4) is 0 Å². The average molecular weight is 253 g/mol. The molecule has 2 atom stereocenters. The lowest BCUT2D eigenvalue weighted by Crippen LogP contribution is -2.48. The summed E-state index contributed by atoms with van der Waals surface area (Å²) in [7, 11) is 0. The maximum atomic E-state index is 11.6. The zero-order chi connectivity index (χ0) is 13.0. The van der Waals surface area contributed by atoms with Crippen molar-refractivity contribution >= 4 is 11.9 Å². The first-order valence-electron chi connectivity index (χ1n) is 6.39. The predicted molar refractivity (Wildman–Crippen MR) is 65.2 cm³/mol. The maximum Gasteiger partial charge on any atom is 0.408 e. The Bertz CT molecular complexity index is 349. The van der Waals surface area contributed by atoms with E-state index >= 15 is 0 Å². The van der Waals surface area contributed by atoms with Crippen LogP contribution in [-0.2, 0) is 14.3 Å². The number of alkyl carbamates (subject to hydrolysis) is 1. The number of hydrogen-bond donors (Lipinski definition) is 1. The minimum absolute atomic E-state index is 0.0339. The van der Waals surface area contributed by atoms with Crippen molar-refractivity contribution in [2.24, 2.45) is 5.92 Å². The van der Waals surface area contributed by atoms with Crippen molar-refractivity contribution in [2.75, 3.05) is 13.2 Å². The average Bonchev–Trinajstić information content (AvgIpc) is 2.31. The van der Waals surface area contributed by atoms with Crippen LogP contribution in [0.4, 0.5) is 4.79 Å². The molecule has 0 aromatic carbocycles. The highest BCUT2D eigenvalue weighted by Crippen LogP contribution is 2.21. The monoisotopic (exact) mass is 253 g/mol. The second-order valence-corrected chi connectivity index (χ2v) is 4.82. The van der Waals surface area contributed by atoms with Crippen LogP contribution >= 0.6 is 0 Å². The van der Waals surface area contributed by atoms with Gasteiger partial charge in [-0.15, -0.1) is 0 Å². The summed E-state index contributed by atoms with van der Waals surface area (Å²) < 4.78 is 10.0. The van der Waals surface area contributed by atoms with E-state index in [0.717, 1.165) is 19.3 Å². The van der Waals surface area contributed by atoms with Crippen LogP contribution in [-0.4, -0.2) is 37.2 Å². The van der Waals surface area contributed by atoms with Gasteiger partial charge in [-0.1, -0.05) is 12.2 Å². The molecule has 0 saturated carbocycles. The Hall–Kier alpha value is -1.36. The molecule has 1 heterocycles. The standard InChI is InChI=1S/C13H19NO4/c1-9(15)12(10-5-3-2-4-6-10)14-13(16)18-11-7-17-8-11/h3,5,10-12H,2,4,6-8H2,1H3,(H,14,16)/t10?,12-/m0/s1. The Morgan fingerprint density at radius 2 is 2.22 bits per heavy atom. The first-order valence-corrected chi connectivity index (χ1v) is 6.39. The van der Waals surface area contributed by atoms with E-state index in [1.807, 2.05) is 6.08 Å². The molecule has 1 unspecified atom stereocenters. The molecule has 0 aromatic heterocycles. The van der Waals surface area contributed by atoms with Gasteiger partial charge in [0.1, 0.15) is 0 Å². The lowest BCUT2D eigenvalue weighted by Gasteiger charge is -2.29. The third kappa shape index (κ3) is 3.32. The largest absolute Gasteiger partial charge is 0.441 e. The smallest absolute Gasteiger partial charge is 0.408 e. The number of hydrogen-bond acceptors (Lipinski definition) is 4. The fourth-order valence-electron chi connectivity index (χ4n) is 2.22. The van der Waals surface area contributed by atoms with E-state index in [-0.39, 0.29) is 17.8 Å². The minimum atomic E-state index is -0.525. The third-order valence-corrected chi connectivity index (χ3v) is 3.31. The number of ether oxygens (including phenoxy) is 2. The minimum Gasteiger partial charge on any atom is -0.441 e. The summed E-state index contributed by atoms with van der Waals surface area (Å²) in [4.78, 5) is 23.3. The predicted octanol–water partition coefficient (Wildman–Crippen LogP) is 1.43. The number of nitrogens with one attached hydrogen (secondary N) is 1. The molecular weight excluding hydrogens is 234 g/mol. The highest BCUT2D eigenvalue weighted by molar-refractivity contribution is 5.86. The SMILES string of the molecule is CC(=O)[C@H](NC(=O)OC1COC1)C1C=CCCC1. The van der Waals surface area contributed by atoms with E-state index in [1.165, 1.54) is 6.92 Å². The second-order valence-electron chi connectivity index (χ2n) is 4.82. The van der Waals surface area contributed by atoms with E-state index in [2.05, 4.69) is 11.4 Å². The summed E-state index contributed by atoms with van der Waals surface area (Å²) >= 11 is 0. The molecule has 1 fully saturated rings. The van der Waals surface area contributed by atoms with E-state index in [0.29, 0.717) is 13.2 Å². The molecule has 0 bridgehead atoms. The topological polar surface area (TPSA) is 64.6 Å². The van der Waals surface area contributed by atoms with E-state index in [1.54, 1.807) is 0 Å². The van der Waals surface area contributed by atoms with Crippen LogP contribution in [0, 0.1) is 5.92 Å². The highest BCUT2D eigenvalue weighted by Gasteiger charge is 2.29. The highest BCUT2D eigenvalue weighted by atomic mass is 16.6. The first kappa shape index (κ1) is 13.1. The van der Waals surface area contributed by atoms with E-state index in [9.17, 15) is 9.59 Å². The molecule has 5 heteroatoms. The van der Waals surface area contributed by atoms with Crippen molar-refractivity contribution in [2.45, 2.75) is 38.3 Å². The van der Waals surface area contributed by atoms with Crippen LogP contribution in [0.5, 0.6) is 0 Å². The van der Waals surface area contributed by atoms with Gasteiger partial charge >= 0.3 is 6.09 Å². The van der Waals surface area contributed by atoms with Gasteiger partial charge in [0, 0.05) is 5.92 Å². The van der Waals surface area contributed by atoms with Crippen molar-refractivity contribution in [3.05, 3.63) is 12.2 Å². The van der Waals surface area contributed by atoms with Gasteiger partial charge in [0.25, 0.3) is 0 Å². The number of amides is 1. The summed E-state index contributed by atoms with van der Waals surface area (Å²) in [5.74, 6) is 0.0507. The van der Waals surface area contributed by atoms with Gasteiger partial charge in [-0.2, -0.15) is 0 Å². The van der Waals surface area contributed by atoms with Crippen molar-refractivity contribution in [1.82, 2.24) is 5.32 Å². The molecule has 1 N–H and O–H groups in total. The molecule has 5 nitrogen and oxygen atoms in total. The molecule has 0 radical (unpaired) electrons. The Morgan fingerprint density at radius 3 is 2.72 bits per heavy atom. The van der Waals surface area contributed by atoms with Crippen LogP contribution in [0.3, 0.4) is 0 Å². The summed E-state index contributed by atoms with van der Waals surface area (Å²) in [6.45, 7) is 2.39. The molecule has 2 rings (SSSR count). The summed E-state index contributed by atoms with van der Waals surface area (Å²) in [6.07, 6.45) is 6.41. The normalized spacial score (nSPS) is 25.1. The van der Waals surface area contributed by atoms with Crippen LogP contribution < -0.4 is 5.32 Å². The number of carbonyl (C=O) groups is 2. The Kier molecular flexibility index (Phi) is 4.36. The van der Waals surface area contributed by atoms with E-state index < -0.39 is 12.1 Å². The van der Waals surface area contributed by atoms with Crippen LogP contribution in [0.1, 0.15) is 26.2 Å². The maximum absolute atomic E-state index is 11.6. The molecule has 1 aliphatic carbocycles. The van der Waals surface area contributed by atoms with Crippen LogP contribution in [0.15, 0.2) is 12.2 Å².